The SMILES string of the molecule is COc1nc2ccccc2nc1NC1CCCNC1. The predicted molar refractivity (Wildman–Crippen MR) is 75.6 cm³/mol. The van der Waals surface area contributed by atoms with Gasteiger partial charge in [0.25, 0.3) is 5.88 Å². The van der Waals surface area contributed by atoms with Crippen LogP contribution in [0, 0.1) is 0 Å². The molecule has 3 rings (SSSR count). The fourth-order valence-electron chi connectivity index (χ4n) is 2.39. The number of hydrogen-bond donors (Lipinski definition) is 2. The van der Waals surface area contributed by atoms with Crippen LogP contribution in [0.1, 0.15) is 12.8 Å². The number of fused-ring (bicyclic) bond motifs is 1. The smallest absolute Gasteiger partial charge is 0.257 e. The van der Waals surface area contributed by atoms with Gasteiger partial charge in [-0.1, -0.05) is 12.1 Å². The molecule has 0 saturated carbocycles. The van der Waals surface area contributed by atoms with E-state index in [1.807, 2.05) is 24.3 Å². The molecule has 0 radical (unpaired) electrons. The molecular formula is C14H18N4O. The first-order chi connectivity index (χ1) is 9.36. The lowest BCUT2D eigenvalue weighted by Gasteiger charge is -2.24. The molecule has 1 aliphatic heterocycles. The number of ether oxygens (including phenoxy) is 1. The summed E-state index contributed by atoms with van der Waals surface area (Å²) < 4.78 is 5.34. The molecule has 1 saturated heterocycles. The zero-order chi connectivity index (χ0) is 13.1. The van der Waals surface area contributed by atoms with Crippen molar-refractivity contribution in [2.24, 2.45) is 0 Å². The summed E-state index contributed by atoms with van der Waals surface area (Å²) in [6.07, 6.45) is 2.33. The molecular weight excluding hydrogens is 240 g/mol. The van der Waals surface area contributed by atoms with Gasteiger partial charge in [-0.2, -0.15) is 0 Å². The van der Waals surface area contributed by atoms with Gasteiger partial charge in [0.2, 0.25) is 0 Å². The quantitative estimate of drug-likeness (QED) is 0.879. The average Bonchev–Trinajstić information content (AvgIpc) is 2.47. The van der Waals surface area contributed by atoms with Gasteiger partial charge in [0.05, 0.1) is 18.1 Å². The Kier molecular flexibility index (Phi) is 3.46. The molecule has 1 aromatic heterocycles. The Bertz CT molecular complexity index is 566. The molecule has 1 fully saturated rings. The Hall–Kier alpha value is -1.88. The van der Waals surface area contributed by atoms with E-state index in [0.29, 0.717) is 11.9 Å². The maximum absolute atomic E-state index is 5.34. The summed E-state index contributed by atoms with van der Waals surface area (Å²) in [6.45, 7) is 2.05. The highest BCUT2D eigenvalue weighted by Gasteiger charge is 2.16. The molecule has 1 atom stereocenters. The highest BCUT2D eigenvalue weighted by Crippen LogP contribution is 2.24. The van der Waals surface area contributed by atoms with E-state index < -0.39 is 0 Å². The third kappa shape index (κ3) is 2.61. The largest absolute Gasteiger partial charge is 0.478 e. The number of hydrogen-bond acceptors (Lipinski definition) is 5. The van der Waals surface area contributed by atoms with Gasteiger partial charge in [-0.25, -0.2) is 9.97 Å². The molecule has 100 valence electrons. The lowest BCUT2D eigenvalue weighted by atomic mass is 10.1. The highest BCUT2D eigenvalue weighted by molar-refractivity contribution is 5.77. The third-order valence-corrected chi connectivity index (χ3v) is 3.37. The van der Waals surface area contributed by atoms with Gasteiger partial charge in [0.1, 0.15) is 0 Å². The van der Waals surface area contributed by atoms with E-state index in [4.69, 9.17) is 4.74 Å². The Morgan fingerprint density at radius 1 is 1.26 bits per heavy atom. The standard InChI is InChI=1S/C14H18N4O/c1-19-14-13(16-10-5-4-8-15-9-10)17-11-6-2-3-7-12(11)18-14/h2-3,6-7,10,15H,4-5,8-9H2,1H3,(H,16,17). The van der Waals surface area contributed by atoms with Crippen LogP contribution in [0.3, 0.4) is 0 Å². The number of aromatic nitrogens is 2. The van der Waals surface area contributed by atoms with E-state index in [-0.39, 0.29) is 0 Å². The molecule has 1 unspecified atom stereocenters. The van der Waals surface area contributed by atoms with Gasteiger partial charge < -0.3 is 15.4 Å². The van der Waals surface area contributed by atoms with Crippen LogP contribution in [0.15, 0.2) is 24.3 Å². The van der Waals surface area contributed by atoms with Crippen molar-refractivity contribution in [2.75, 3.05) is 25.5 Å². The van der Waals surface area contributed by atoms with E-state index in [1.54, 1.807) is 7.11 Å². The Balaban J connectivity index is 1.91. The number of nitrogens with zero attached hydrogens (tertiary/aromatic N) is 2. The molecule has 2 aromatic rings. The number of para-hydroxylation sites is 2. The van der Waals surface area contributed by atoms with Gasteiger partial charge in [-0.3, -0.25) is 0 Å². The number of nitrogens with one attached hydrogen (secondary N) is 2. The minimum atomic E-state index is 0.387. The number of methoxy groups -OCH3 is 1. The van der Waals surface area contributed by atoms with Crippen LogP contribution in [0.2, 0.25) is 0 Å². The van der Waals surface area contributed by atoms with Crippen LogP contribution >= 0.6 is 0 Å². The fourth-order valence-corrected chi connectivity index (χ4v) is 2.39. The maximum Gasteiger partial charge on any atom is 0.257 e. The second-order valence-electron chi connectivity index (χ2n) is 4.76. The van der Waals surface area contributed by atoms with E-state index in [2.05, 4.69) is 20.6 Å². The number of anilines is 1. The first-order valence-electron chi connectivity index (χ1n) is 6.65. The van der Waals surface area contributed by atoms with Crippen molar-refractivity contribution >= 4 is 16.9 Å². The monoisotopic (exact) mass is 258 g/mol. The predicted octanol–water partition coefficient (Wildman–Crippen LogP) is 1.80. The van der Waals surface area contributed by atoms with Gasteiger partial charge in [-0.05, 0) is 31.5 Å². The normalized spacial score (nSPS) is 19.3. The van der Waals surface area contributed by atoms with E-state index >= 15 is 0 Å². The molecule has 5 heteroatoms. The van der Waals surface area contributed by atoms with Crippen LogP contribution in [0.4, 0.5) is 5.82 Å². The van der Waals surface area contributed by atoms with E-state index in [0.717, 1.165) is 36.4 Å². The zero-order valence-corrected chi connectivity index (χ0v) is 11.0. The van der Waals surface area contributed by atoms with E-state index in [9.17, 15) is 0 Å². The van der Waals surface area contributed by atoms with Crippen molar-refractivity contribution in [3.63, 3.8) is 0 Å². The van der Waals surface area contributed by atoms with Crippen molar-refractivity contribution in [1.82, 2.24) is 15.3 Å². The number of benzene rings is 1. The van der Waals surface area contributed by atoms with Crippen LogP contribution in [-0.4, -0.2) is 36.2 Å². The summed E-state index contributed by atoms with van der Waals surface area (Å²) in [5.74, 6) is 1.29. The molecule has 19 heavy (non-hydrogen) atoms. The summed E-state index contributed by atoms with van der Waals surface area (Å²) in [7, 11) is 1.63. The van der Waals surface area contributed by atoms with Crippen molar-refractivity contribution < 1.29 is 4.74 Å². The number of rotatable bonds is 3. The summed E-state index contributed by atoms with van der Waals surface area (Å²) in [5.41, 5.74) is 1.74. The van der Waals surface area contributed by atoms with Crippen molar-refractivity contribution in [3.05, 3.63) is 24.3 Å². The summed E-state index contributed by atoms with van der Waals surface area (Å²) >= 11 is 0. The van der Waals surface area contributed by atoms with Crippen LogP contribution in [0.25, 0.3) is 11.0 Å². The third-order valence-electron chi connectivity index (χ3n) is 3.37. The molecule has 0 aliphatic carbocycles. The lowest BCUT2D eigenvalue weighted by molar-refractivity contribution is 0.397. The minimum Gasteiger partial charge on any atom is -0.478 e. The molecule has 0 bridgehead atoms. The van der Waals surface area contributed by atoms with Gasteiger partial charge in [-0.15, -0.1) is 0 Å². The molecule has 5 nitrogen and oxygen atoms in total. The zero-order valence-electron chi connectivity index (χ0n) is 11.0. The fraction of sp³-hybridized carbons (Fsp3) is 0.429. The van der Waals surface area contributed by atoms with Crippen molar-refractivity contribution in [1.29, 1.82) is 0 Å². The highest BCUT2D eigenvalue weighted by atomic mass is 16.5. The second kappa shape index (κ2) is 5.40. The Labute approximate surface area is 112 Å². The van der Waals surface area contributed by atoms with Gasteiger partial charge in [0.15, 0.2) is 5.82 Å². The van der Waals surface area contributed by atoms with E-state index in [1.165, 1.54) is 6.42 Å². The van der Waals surface area contributed by atoms with Crippen LogP contribution in [-0.2, 0) is 0 Å². The van der Waals surface area contributed by atoms with Crippen molar-refractivity contribution in [3.8, 4) is 5.88 Å². The summed E-state index contributed by atoms with van der Waals surface area (Å²) in [5, 5.41) is 6.81. The molecule has 2 heterocycles. The Morgan fingerprint density at radius 2 is 2.05 bits per heavy atom. The molecule has 0 amide bonds. The average molecular weight is 258 g/mol. The van der Waals surface area contributed by atoms with Crippen LogP contribution < -0.4 is 15.4 Å². The summed E-state index contributed by atoms with van der Waals surface area (Å²) in [6, 6.07) is 8.21. The molecule has 2 N–H and O–H groups in total. The van der Waals surface area contributed by atoms with Crippen molar-refractivity contribution in [2.45, 2.75) is 18.9 Å². The van der Waals surface area contributed by atoms with Gasteiger partial charge >= 0.3 is 0 Å². The first-order valence-corrected chi connectivity index (χ1v) is 6.65. The number of piperidine rings is 1. The maximum atomic E-state index is 5.34. The first kappa shape index (κ1) is 12.2. The minimum absolute atomic E-state index is 0.387. The topological polar surface area (TPSA) is 59.1 Å². The summed E-state index contributed by atoms with van der Waals surface area (Å²) in [4.78, 5) is 9.11. The second-order valence-corrected chi connectivity index (χ2v) is 4.76. The molecule has 1 aliphatic rings. The van der Waals surface area contributed by atoms with Crippen LogP contribution in [0.5, 0.6) is 5.88 Å². The lowest BCUT2D eigenvalue weighted by Crippen LogP contribution is -2.38. The molecule has 0 spiro atoms. The molecule has 1 aromatic carbocycles. The Morgan fingerprint density at radius 3 is 2.74 bits per heavy atom. The van der Waals surface area contributed by atoms with Gasteiger partial charge in [0, 0.05) is 12.6 Å².